The van der Waals surface area contributed by atoms with Crippen LogP contribution in [0.3, 0.4) is 0 Å². The van der Waals surface area contributed by atoms with E-state index >= 15 is 0 Å². The fraction of sp³-hybridized carbons (Fsp3) is 0.550. The predicted molar refractivity (Wildman–Crippen MR) is 117 cm³/mol. The Balaban J connectivity index is 2.35. The summed E-state index contributed by atoms with van der Waals surface area (Å²) < 4.78 is 45.3. The number of rotatable bonds is 11. The van der Waals surface area contributed by atoms with Gasteiger partial charge < -0.3 is 15.2 Å². The number of halogens is 1. The zero-order valence-electron chi connectivity index (χ0n) is 18.4. The lowest BCUT2D eigenvalue weighted by molar-refractivity contribution is 0.259. The molecule has 2 rings (SSSR count). The van der Waals surface area contributed by atoms with Gasteiger partial charge >= 0.3 is 0 Å². The van der Waals surface area contributed by atoms with Crippen molar-refractivity contribution in [3.63, 3.8) is 0 Å². The second-order valence-corrected chi connectivity index (χ2v) is 9.64. The SMILES string of the molecule is COc1cccc(C(C)Cc2nc(NC(CO)CC(C)C)nc(NS(C)(=O)=O)n2)c1F. The van der Waals surface area contributed by atoms with E-state index in [1.807, 2.05) is 20.8 Å². The van der Waals surface area contributed by atoms with Crippen molar-refractivity contribution in [2.75, 3.05) is 30.0 Å². The van der Waals surface area contributed by atoms with Gasteiger partial charge in [-0.1, -0.05) is 32.9 Å². The summed E-state index contributed by atoms with van der Waals surface area (Å²) in [4.78, 5) is 12.7. The van der Waals surface area contributed by atoms with Gasteiger partial charge in [0.15, 0.2) is 11.6 Å². The molecule has 3 N–H and O–H groups in total. The van der Waals surface area contributed by atoms with Crippen LogP contribution in [0.1, 0.15) is 44.5 Å². The number of aromatic nitrogens is 3. The molecule has 0 aliphatic carbocycles. The van der Waals surface area contributed by atoms with Crippen molar-refractivity contribution >= 4 is 21.9 Å². The standard InChI is InChI=1S/C20H30FN5O4S/c1-12(2)9-14(11-27)22-19-23-17(24-20(25-19)26-31(5,28)29)10-13(3)15-7-6-8-16(30-4)18(15)21/h6-8,12-14,27H,9-11H2,1-5H3,(H2,22,23,24,25,26). The average molecular weight is 456 g/mol. The van der Waals surface area contributed by atoms with E-state index in [4.69, 9.17) is 4.74 Å². The Morgan fingerprint density at radius 2 is 1.84 bits per heavy atom. The summed E-state index contributed by atoms with van der Waals surface area (Å²) in [5, 5.41) is 12.7. The van der Waals surface area contributed by atoms with Crippen LogP contribution in [0.5, 0.6) is 5.75 Å². The van der Waals surface area contributed by atoms with Crippen molar-refractivity contribution in [3.05, 3.63) is 35.4 Å². The Bertz CT molecular complexity index is 988. The number of hydrogen-bond acceptors (Lipinski definition) is 8. The van der Waals surface area contributed by atoms with Gasteiger partial charge in [-0.05, 0) is 29.9 Å². The molecule has 2 unspecified atom stereocenters. The van der Waals surface area contributed by atoms with Gasteiger partial charge in [0.2, 0.25) is 21.9 Å². The Morgan fingerprint density at radius 3 is 2.42 bits per heavy atom. The Labute approximate surface area is 182 Å². The highest BCUT2D eigenvalue weighted by Crippen LogP contribution is 2.28. The summed E-state index contributed by atoms with van der Waals surface area (Å²) in [5.41, 5.74) is 0.430. The number of sulfonamides is 1. The molecule has 9 nitrogen and oxygen atoms in total. The maximum atomic E-state index is 14.6. The van der Waals surface area contributed by atoms with Crippen molar-refractivity contribution in [3.8, 4) is 5.75 Å². The van der Waals surface area contributed by atoms with Crippen LogP contribution >= 0.6 is 0 Å². The highest BCUT2D eigenvalue weighted by Gasteiger charge is 2.19. The fourth-order valence-electron chi connectivity index (χ4n) is 3.17. The minimum atomic E-state index is -3.62. The summed E-state index contributed by atoms with van der Waals surface area (Å²) in [6.07, 6.45) is 1.89. The molecule has 0 aliphatic heterocycles. The molecule has 0 aliphatic rings. The van der Waals surface area contributed by atoms with E-state index in [-0.39, 0.29) is 48.5 Å². The van der Waals surface area contributed by atoms with E-state index < -0.39 is 15.8 Å². The van der Waals surface area contributed by atoms with E-state index in [1.54, 1.807) is 12.1 Å². The van der Waals surface area contributed by atoms with E-state index in [0.29, 0.717) is 17.9 Å². The average Bonchev–Trinajstić information content (AvgIpc) is 2.65. The highest BCUT2D eigenvalue weighted by atomic mass is 32.2. The number of hydrogen-bond donors (Lipinski definition) is 3. The third kappa shape index (κ3) is 7.59. The van der Waals surface area contributed by atoms with Crippen LogP contribution in [0.25, 0.3) is 0 Å². The van der Waals surface area contributed by atoms with Gasteiger partial charge in [-0.15, -0.1) is 0 Å². The molecule has 172 valence electrons. The van der Waals surface area contributed by atoms with Gasteiger partial charge in [0.05, 0.1) is 26.0 Å². The molecule has 1 heterocycles. The number of aliphatic hydroxyl groups is 1. The molecule has 2 aromatic rings. The molecule has 1 aromatic carbocycles. The van der Waals surface area contributed by atoms with Crippen LogP contribution in [-0.4, -0.2) is 54.5 Å². The minimum Gasteiger partial charge on any atom is -0.494 e. The smallest absolute Gasteiger partial charge is 0.241 e. The first-order valence-electron chi connectivity index (χ1n) is 9.94. The summed E-state index contributed by atoms with van der Waals surface area (Å²) in [6, 6.07) is 4.58. The topological polar surface area (TPSA) is 126 Å². The summed E-state index contributed by atoms with van der Waals surface area (Å²) in [7, 11) is -2.22. The molecular weight excluding hydrogens is 425 g/mol. The number of methoxy groups -OCH3 is 1. The molecule has 0 fully saturated rings. The van der Waals surface area contributed by atoms with Gasteiger partial charge in [-0.3, -0.25) is 4.72 Å². The maximum absolute atomic E-state index is 14.6. The number of benzene rings is 1. The molecule has 0 amide bonds. The number of aliphatic hydroxyl groups excluding tert-OH is 1. The molecule has 0 bridgehead atoms. The number of anilines is 2. The first kappa shape index (κ1) is 24.7. The normalized spacial score (nSPS) is 13.7. The zero-order valence-corrected chi connectivity index (χ0v) is 19.2. The van der Waals surface area contributed by atoms with Gasteiger partial charge in [0.1, 0.15) is 5.82 Å². The lowest BCUT2D eigenvalue weighted by atomic mass is 9.96. The summed E-state index contributed by atoms with van der Waals surface area (Å²) >= 11 is 0. The van der Waals surface area contributed by atoms with Crippen molar-refractivity contribution in [1.82, 2.24) is 15.0 Å². The van der Waals surface area contributed by atoms with Gasteiger partial charge in [-0.25, -0.2) is 12.8 Å². The second kappa shape index (κ2) is 10.7. The molecule has 0 radical (unpaired) electrons. The van der Waals surface area contributed by atoms with Gasteiger partial charge in [0.25, 0.3) is 0 Å². The Kier molecular flexibility index (Phi) is 8.52. The molecule has 2 atom stereocenters. The fourth-order valence-corrected chi connectivity index (χ4v) is 3.59. The molecule has 0 saturated carbocycles. The maximum Gasteiger partial charge on any atom is 0.241 e. The van der Waals surface area contributed by atoms with Gasteiger partial charge in [0, 0.05) is 6.42 Å². The highest BCUT2D eigenvalue weighted by molar-refractivity contribution is 7.91. The first-order chi connectivity index (χ1) is 14.5. The molecule has 31 heavy (non-hydrogen) atoms. The van der Waals surface area contributed by atoms with Crippen molar-refractivity contribution in [2.24, 2.45) is 5.92 Å². The van der Waals surface area contributed by atoms with Crippen LogP contribution in [0.2, 0.25) is 0 Å². The van der Waals surface area contributed by atoms with Crippen LogP contribution in [0, 0.1) is 11.7 Å². The third-order valence-corrected chi connectivity index (χ3v) is 5.05. The predicted octanol–water partition coefficient (Wildman–Crippen LogP) is 2.56. The summed E-state index contributed by atoms with van der Waals surface area (Å²) in [6.45, 7) is 5.71. The van der Waals surface area contributed by atoms with Crippen molar-refractivity contribution in [2.45, 2.75) is 45.6 Å². The summed E-state index contributed by atoms with van der Waals surface area (Å²) in [5.74, 6) is -0.0578. The van der Waals surface area contributed by atoms with E-state index in [2.05, 4.69) is 25.0 Å². The monoisotopic (exact) mass is 455 g/mol. The van der Waals surface area contributed by atoms with Crippen LogP contribution in [-0.2, 0) is 16.4 Å². The number of nitrogens with one attached hydrogen (secondary N) is 2. The van der Waals surface area contributed by atoms with Crippen LogP contribution in [0.15, 0.2) is 18.2 Å². The third-order valence-electron chi connectivity index (χ3n) is 4.50. The Morgan fingerprint density at radius 1 is 1.16 bits per heavy atom. The molecule has 0 saturated heterocycles. The van der Waals surface area contributed by atoms with Crippen molar-refractivity contribution in [1.29, 1.82) is 0 Å². The first-order valence-corrected chi connectivity index (χ1v) is 11.8. The Hall–Kier alpha value is -2.53. The lowest BCUT2D eigenvalue weighted by Gasteiger charge is -2.19. The van der Waals surface area contributed by atoms with Gasteiger partial charge in [-0.2, -0.15) is 15.0 Å². The minimum absolute atomic E-state index is 0.133. The molecule has 0 spiro atoms. The number of nitrogens with zero attached hydrogens (tertiary/aromatic N) is 3. The van der Waals surface area contributed by atoms with Crippen molar-refractivity contribution < 1.29 is 22.7 Å². The second-order valence-electron chi connectivity index (χ2n) is 7.90. The lowest BCUT2D eigenvalue weighted by Crippen LogP contribution is -2.27. The largest absolute Gasteiger partial charge is 0.494 e. The zero-order chi connectivity index (χ0) is 23.2. The number of ether oxygens (including phenoxy) is 1. The van der Waals surface area contributed by atoms with E-state index in [0.717, 1.165) is 6.26 Å². The van der Waals surface area contributed by atoms with Crippen LogP contribution < -0.4 is 14.8 Å². The molecule has 1 aromatic heterocycles. The van der Waals surface area contributed by atoms with E-state index in [1.165, 1.54) is 13.2 Å². The quantitative estimate of drug-likeness (QED) is 0.472. The van der Waals surface area contributed by atoms with E-state index in [9.17, 15) is 17.9 Å². The van der Waals surface area contributed by atoms with Crippen LogP contribution in [0.4, 0.5) is 16.3 Å². The molecule has 11 heteroatoms. The molecular formula is C20H30FN5O4S.